The number of hydrogen-bond acceptors (Lipinski definition) is 4. The predicted molar refractivity (Wildman–Crippen MR) is 111 cm³/mol. The fourth-order valence-electron chi connectivity index (χ4n) is 2.41. The van der Waals surface area contributed by atoms with Crippen LogP contribution in [0, 0.1) is 4.77 Å². The van der Waals surface area contributed by atoms with E-state index in [-0.39, 0.29) is 5.41 Å². The summed E-state index contributed by atoms with van der Waals surface area (Å²) in [6.07, 6.45) is 1.75. The molecule has 2 aromatic carbocycles. The van der Waals surface area contributed by atoms with Crippen molar-refractivity contribution in [3.05, 3.63) is 75.3 Å². The Morgan fingerprint density at radius 3 is 2.44 bits per heavy atom. The molecular weight excluding hydrogens is 380 g/mol. The molecule has 27 heavy (non-hydrogen) atoms. The molecule has 1 N–H and O–H groups in total. The lowest BCUT2D eigenvalue weighted by Crippen LogP contribution is -2.17. The molecule has 0 amide bonds. The van der Waals surface area contributed by atoms with Crippen LogP contribution in [0.2, 0.25) is 5.02 Å². The third-order valence-corrected chi connectivity index (χ3v) is 4.36. The van der Waals surface area contributed by atoms with Gasteiger partial charge in [0.2, 0.25) is 4.77 Å². The largest absolute Gasteiger partial charge is 0.489 e. The number of aromatic amines is 1. The summed E-state index contributed by atoms with van der Waals surface area (Å²) in [5, 5.41) is 12.3. The third kappa shape index (κ3) is 5.05. The molecule has 1 heterocycles. The zero-order valence-electron chi connectivity index (χ0n) is 15.4. The van der Waals surface area contributed by atoms with Gasteiger partial charge in [0.15, 0.2) is 5.82 Å². The van der Waals surface area contributed by atoms with Gasteiger partial charge in [-0.3, -0.25) is 5.10 Å². The third-order valence-electron chi connectivity index (χ3n) is 3.84. The molecule has 0 aliphatic rings. The maximum absolute atomic E-state index is 5.89. The first-order chi connectivity index (χ1) is 12.8. The quantitative estimate of drug-likeness (QED) is 0.463. The number of hydrogen-bond donors (Lipinski definition) is 1. The summed E-state index contributed by atoms with van der Waals surface area (Å²) < 4.78 is 7.92. The van der Waals surface area contributed by atoms with Gasteiger partial charge in [-0.15, -0.1) is 0 Å². The molecule has 0 aliphatic carbocycles. The van der Waals surface area contributed by atoms with Crippen LogP contribution in [0.5, 0.6) is 5.75 Å². The maximum atomic E-state index is 5.89. The van der Waals surface area contributed by atoms with Crippen molar-refractivity contribution in [2.75, 3.05) is 0 Å². The molecule has 3 rings (SSSR count). The number of ether oxygens (including phenoxy) is 1. The summed E-state index contributed by atoms with van der Waals surface area (Å²) >= 11 is 11.2. The zero-order chi connectivity index (χ0) is 19.4. The number of rotatable bonds is 5. The number of nitrogens with one attached hydrogen (secondary N) is 1. The zero-order valence-corrected chi connectivity index (χ0v) is 17.0. The highest BCUT2D eigenvalue weighted by Gasteiger charge is 2.21. The predicted octanol–water partition coefficient (Wildman–Crippen LogP) is 5.35. The van der Waals surface area contributed by atoms with Crippen LogP contribution < -0.4 is 4.74 Å². The SMILES string of the molecule is CC(C)(C)c1n[nH]c(=S)n1/N=C\c1ccc(OCc2ccc(Cl)cc2)cc1. The summed E-state index contributed by atoms with van der Waals surface area (Å²) in [6.45, 7) is 6.69. The highest BCUT2D eigenvalue weighted by atomic mass is 35.5. The Morgan fingerprint density at radius 1 is 1.15 bits per heavy atom. The number of H-pyrrole nitrogens is 1. The first-order valence-corrected chi connectivity index (χ1v) is 9.31. The second-order valence-electron chi connectivity index (χ2n) is 7.14. The molecule has 7 heteroatoms. The molecule has 5 nitrogen and oxygen atoms in total. The van der Waals surface area contributed by atoms with Crippen LogP contribution in [0.25, 0.3) is 0 Å². The van der Waals surface area contributed by atoms with Crippen LogP contribution in [0.1, 0.15) is 37.7 Å². The minimum Gasteiger partial charge on any atom is -0.489 e. The van der Waals surface area contributed by atoms with Crippen molar-refractivity contribution in [3.8, 4) is 5.75 Å². The Morgan fingerprint density at radius 2 is 1.81 bits per heavy atom. The highest BCUT2D eigenvalue weighted by molar-refractivity contribution is 7.71. The van der Waals surface area contributed by atoms with E-state index in [1.807, 2.05) is 48.5 Å². The first-order valence-electron chi connectivity index (χ1n) is 8.52. The van der Waals surface area contributed by atoms with E-state index in [4.69, 9.17) is 28.6 Å². The Kier molecular flexibility index (Phi) is 5.77. The van der Waals surface area contributed by atoms with Gasteiger partial charge >= 0.3 is 0 Å². The number of halogens is 1. The first kappa shape index (κ1) is 19.3. The normalized spacial score (nSPS) is 11.9. The maximum Gasteiger partial charge on any atom is 0.216 e. The van der Waals surface area contributed by atoms with E-state index >= 15 is 0 Å². The van der Waals surface area contributed by atoms with Crippen molar-refractivity contribution in [1.82, 2.24) is 14.9 Å². The fraction of sp³-hybridized carbons (Fsp3) is 0.250. The lowest BCUT2D eigenvalue weighted by Gasteiger charge is -2.15. The average molecular weight is 401 g/mol. The van der Waals surface area contributed by atoms with Gasteiger partial charge in [-0.2, -0.15) is 14.9 Å². The Labute approximate surface area is 168 Å². The summed E-state index contributed by atoms with van der Waals surface area (Å²) in [5.74, 6) is 1.57. The second-order valence-corrected chi connectivity index (χ2v) is 7.97. The molecule has 0 saturated carbocycles. The van der Waals surface area contributed by atoms with Gasteiger partial charge in [0, 0.05) is 10.4 Å². The fourth-order valence-corrected chi connectivity index (χ4v) is 2.71. The summed E-state index contributed by atoms with van der Waals surface area (Å²) in [6, 6.07) is 15.3. The van der Waals surface area contributed by atoms with Gasteiger partial charge in [0.1, 0.15) is 12.4 Å². The molecule has 0 spiro atoms. The van der Waals surface area contributed by atoms with E-state index in [2.05, 4.69) is 36.1 Å². The molecule has 0 saturated heterocycles. The van der Waals surface area contributed by atoms with E-state index < -0.39 is 0 Å². The Balaban J connectivity index is 1.67. The molecule has 0 fully saturated rings. The number of aromatic nitrogens is 3. The van der Waals surface area contributed by atoms with E-state index in [1.165, 1.54) is 0 Å². The highest BCUT2D eigenvalue weighted by Crippen LogP contribution is 2.20. The monoisotopic (exact) mass is 400 g/mol. The average Bonchev–Trinajstić information content (AvgIpc) is 3.01. The Bertz CT molecular complexity index is 983. The van der Waals surface area contributed by atoms with E-state index in [0.717, 1.165) is 27.7 Å². The van der Waals surface area contributed by atoms with Crippen molar-refractivity contribution >= 4 is 30.0 Å². The lowest BCUT2D eigenvalue weighted by atomic mass is 9.96. The second kappa shape index (κ2) is 8.06. The van der Waals surface area contributed by atoms with Crippen LogP contribution in [0.15, 0.2) is 53.6 Å². The molecule has 0 aliphatic heterocycles. The molecule has 3 aromatic rings. The van der Waals surface area contributed by atoms with Gasteiger partial charge in [0.25, 0.3) is 0 Å². The summed E-state index contributed by atoms with van der Waals surface area (Å²) in [5.41, 5.74) is 1.84. The van der Waals surface area contributed by atoms with E-state index in [9.17, 15) is 0 Å². The van der Waals surface area contributed by atoms with Gasteiger partial charge in [-0.1, -0.05) is 44.5 Å². The smallest absolute Gasteiger partial charge is 0.216 e. The van der Waals surface area contributed by atoms with Crippen LogP contribution in [-0.4, -0.2) is 21.1 Å². The van der Waals surface area contributed by atoms with Gasteiger partial charge < -0.3 is 4.74 Å². The number of nitrogens with zero attached hydrogens (tertiary/aromatic N) is 3. The molecule has 140 valence electrons. The minimum absolute atomic E-state index is 0.162. The Hall–Kier alpha value is -2.44. The van der Waals surface area contributed by atoms with Crippen LogP contribution in [-0.2, 0) is 12.0 Å². The standard InChI is InChI=1S/C20H21ClN4OS/c1-20(2,3)18-23-24-19(27)25(18)22-12-14-6-10-17(11-7-14)26-13-15-4-8-16(21)9-5-15/h4-12H,13H2,1-3H3,(H,24,27)/b22-12-. The van der Waals surface area contributed by atoms with Gasteiger partial charge in [-0.25, -0.2) is 0 Å². The lowest BCUT2D eigenvalue weighted by molar-refractivity contribution is 0.306. The van der Waals surface area contributed by atoms with Crippen molar-refractivity contribution in [1.29, 1.82) is 0 Å². The van der Waals surface area contributed by atoms with Crippen LogP contribution in [0.4, 0.5) is 0 Å². The van der Waals surface area contributed by atoms with Crippen molar-refractivity contribution in [2.45, 2.75) is 32.8 Å². The van der Waals surface area contributed by atoms with Gasteiger partial charge in [-0.05, 0) is 59.7 Å². The van der Waals surface area contributed by atoms with Crippen molar-refractivity contribution in [3.63, 3.8) is 0 Å². The van der Waals surface area contributed by atoms with Crippen LogP contribution >= 0.6 is 23.8 Å². The van der Waals surface area contributed by atoms with Gasteiger partial charge in [0.05, 0.1) is 6.21 Å². The molecular formula is C20H21ClN4OS. The number of benzene rings is 2. The minimum atomic E-state index is -0.162. The molecule has 0 atom stereocenters. The van der Waals surface area contributed by atoms with Crippen molar-refractivity contribution in [2.24, 2.45) is 5.10 Å². The summed E-state index contributed by atoms with van der Waals surface area (Å²) in [4.78, 5) is 0. The van der Waals surface area contributed by atoms with E-state index in [1.54, 1.807) is 10.9 Å². The van der Waals surface area contributed by atoms with Crippen LogP contribution in [0.3, 0.4) is 0 Å². The molecule has 0 bridgehead atoms. The van der Waals surface area contributed by atoms with E-state index in [0.29, 0.717) is 11.4 Å². The molecule has 0 unspecified atom stereocenters. The summed E-state index contributed by atoms with van der Waals surface area (Å²) in [7, 11) is 0. The topological polar surface area (TPSA) is 55.2 Å². The molecule has 1 aromatic heterocycles. The molecule has 0 radical (unpaired) electrons. The van der Waals surface area contributed by atoms with Crippen molar-refractivity contribution < 1.29 is 4.74 Å².